The number of nitrogens with one attached hydrogen (secondary N) is 1. The maximum absolute atomic E-state index is 12.6. The Morgan fingerprint density at radius 3 is 2.66 bits per heavy atom. The van der Waals surface area contributed by atoms with Gasteiger partial charge in [-0.15, -0.1) is 0 Å². The predicted octanol–water partition coefficient (Wildman–Crippen LogP) is 2.19. The molecule has 8 heteroatoms. The van der Waals surface area contributed by atoms with Crippen LogP contribution in [-0.2, 0) is 16.1 Å². The topological polar surface area (TPSA) is 105 Å². The van der Waals surface area contributed by atoms with Gasteiger partial charge in [0.2, 0.25) is 5.56 Å². The molecule has 164 valence electrons. The molecule has 1 aliphatic heterocycles. The minimum atomic E-state index is -0.359. The van der Waals surface area contributed by atoms with E-state index >= 15 is 0 Å². The zero-order valence-corrected chi connectivity index (χ0v) is 17.6. The van der Waals surface area contributed by atoms with Crippen LogP contribution in [0.1, 0.15) is 11.1 Å². The van der Waals surface area contributed by atoms with Gasteiger partial charge in [0.05, 0.1) is 18.9 Å². The summed E-state index contributed by atoms with van der Waals surface area (Å²) in [6.45, 7) is 4.20. The summed E-state index contributed by atoms with van der Waals surface area (Å²) in [5.74, 6) is 5.69. The van der Waals surface area contributed by atoms with Gasteiger partial charge in [-0.05, 0) is 47.0 Å². The molecule has 0 saturated carbocycles. The van der Waals surface area contributed by atoms with E-state index in [1.807, 2.05) is 30.3 Å². The van der Waals surface area contributed by atoms with Gasteiger partial charge in [0.25, 0.3) is 5.91 Å². The number of morpholine rings is 1. The molecule has 3 heterocycles. The Labute approximate surface area is 185 Å². The molecule has 1 aromatic carbocycles. The fourth-order valence-electron chi connectivity index (χ4n) is 3.53. The van der Waals surface area contributed by atoms with Gasteiger partial charge >= 0.3 is 0 Å². The lowest BCUT2D eigenvalue weighted by Crippen LogP contribution is -2.36. The Morgan fingerprint density at radius 2 is 1.94 bits per heavy atom. The summed E-state index contributed by atoms with van der Waals surface area (Å²) < 4.78 is 5.38. The normalized spacial score (nSPS) is 14.5. The van der Waals surface area contributed by atoms with Crippen LogP contribution in [0.5, 0.6) is 0 Å². The van der Waals surface area contributed by atoms with E-state index in [9.17, 15) is 9.59 Å². The molecule has 0 spiro atoms. The van der Waals surface area contributed by atoms with E-state index in [0.717, 1.165) is 60.1 Å². The first kappa shape index (κ1) is 21.6. The SMILES string of the molecule is NN(C(=O)/C=C/c1cnccc1-c1ccc(=O)[nH]c1)c1ccc(CN2CCOCC2)cc1. The van der Waals surface area contributed by atoms with Gasteiger partial charge in [-0.1, -0.05) is 12.1 Å². The number of hydrogen-bond acceptors (Lipinski definition) is 6. The van der Waals surface area contributed by atoms with Crippen LogP contribution in [0.2, 0.25) is 0 Å². The summed E-state index contributed by atoms with van der Waals surface area (Å²) in [4.78, 5) is 33.1. The zero-order chi connectivity index (χ0) is 22.3. The van der Waals surface area contributed by atoms with Crippen molar-refractivity contribution in [3.63, 3.8) is 0 Å². The number of aromatic nitrogens is 2. The molecule has 1 saturated heterocycles. The Bertz CT molecular complexity index is 1130. The number of ether oxygens (including phenoxy) is 1. The maximum Gasteiger partial charge on any atom is 0.265 e. The molecule has 1 aliphatic rings. The fourth-order valence-corrected chi connectivity index (χ4v) is 3.53. The van der Waals surface area contributed by atoms with Crippen molar-refractivity contribution in [3.8, 4) is 11.1 Å². The number of hydrogen-bond donors (Lipinski definition) is 2. The Balaban J connectivity index is 1.43. The second-order valence-electron chi connectivity index (χ2n) is 7.50. The van der Waals surface area contributed by atoms with Gasteiger partial charge in [-0.2, -0.15) is 0 Å². The fraction of sp³-hybridized carbons (Fsp3) is 0.208. The summed E-state index contributed by atoms with van der Waals surface area (Å²) in [6, 6.07) is 12.7. The smallest absolute Gasteiger partial charge is 0.265 e. The van der Waals surface area contributed by atoms with Crippen LogP contribution >= 0.6 is 0 Å². The van der Waals surface area contributed by atoms with Crippen molar-refractivity contribution in [1.29, 1.82) is 0 Å². The Kier molecular flexibility index (Phi) is 6.86. The van der Waals surface area contributed by atoms with E-state index in [2.05, 4.69) is 14.9 Å². The summed E-state index contributed by atoms with van der Waals surface area (Å²) in [5.41, 5.74) is 3.99. The summed E-state index contributed by atoms with van der Waals surface area (Å²) in [5, 5.41) is 1.12. The number of carbonyl (C=O) groups is 1. The highest BCUT2D eigenvalue weighted by atomic mass is 16.5. The number of H-pyrrole nitrogens is 1. The van der Waals surface area contributed by atoms with Crippen molar-refractivity contribution in [2.45, 2.75) is 6.54 Å². The summed E-state index contributed by atoms with van der Waals surface area (Å²) in [6.07, 6.45) is 8.03. The average Bonchev–Trinajstić information content (AvgIpc) is 2.84. The molecule has 4 rings (SSSR count). The number of hydrazine groups is 1. The average molecular weight is 431 g/mol. The highest BCUT2D eigenvalue weighted by Crippen LogP contribution is 2.23. The van der Waals surface area contributed by atoms with Crippen LogP contribution in [0.15, 0.2) is 71.9 Å². The minimum Gasteiger partial charge on any atom is -0.379 e. The van der Waals surface area contributed by atoms with Gasteiger partial charge in [0.1, 0.15) is 0 Å². The van der Waals surface area contributed by atoms with E-state index in [-0.39, 0.29) is 11.5 Å². The lowest BCUT2D eigenvalue weighted by atomic mass is 10.0. The van der Waals surface area contributed by atoms with Gasteiger partial charge < -0.3 is 9.72 Å². The van der Waals surface area contributed by atoms with Gasteiger partial charge in [0.15, 0.2) is 0 Å². The highest BCUT2D eigenvalue weighted by Gasteiger charge is 2.12. The number of aromatic amines is 1. The van der Waals surface area contributed by atoms with Crippen molar-refractivity contribution >= 4 is 17.7 Å². The number of nitrogens with two attached hydrogens (primary N) is 1. The van der Waals surface area contributed by atoms with Gasteiger partial charge in [-0.25, -0.2) is 10.9 Å². The standard InChI is InChI=1S/C24H25N5O3/c25-29(21-5-1-18(2-6-21)17-28-11-13-32-14-12-28)24(31)8-4-19-15-26-10-9-22(19)20-3-7-23(30)27-16-20/h1-10,15-16H,11-14,17,25H2,(H,27,30)/b8-4+. The largest absolute Gasteiger partial charge is 0.379 e. The first-order valence-electron chi connectivity index (χ1n) is 10.4. The molecular formula is C24H25N5O3. The summed E-state index contributed by atoms with van der Waals surface area (Å²) in [7, 11) is 0. The number of nitrogens with zero attached hydrogens (tertiary/aromatic N) is 3. The van der Waals surface area contributed by atoms with E-state index in [4.69, 9.17) is 10.6 Å². The number of benzene rings is 1. The zero-order valence-electron chi connectivity index (χ0n) is 17.6. The molecule has 0 radical (unpaired) electrons. The Morgan fingerprint density at radius 1 is 1.16 bits per heavy atom. The monoisotopic (exact) mass is 431 g/mol. The molecule has 0 unspecified atom stereocenters. The van der Waals surface area contributed by atoms with Crippen LogP contribution in [0.25, 0.3) is 17.2 Å². The minimum absolute atomic E-state index is 0.176. The predicted molar refractivity (Wildman–Crippen MR) is 124 cm³/mol. The van der Waals surface area contributed by atoms with E-state index in [0.29, 0.717) is 5.69 Å². The van der Waals surface area contributed by atoms with Gasteiger partial charge in [0, 0.05) is 55.9 Å². The quantitative estimate of drug-likeness (QED) is 0.268. The third kappa shape index (κ3) is 5.36. The van der Waals surface area contributed by atoms with Crippen molar-refractivity contribution in [2.24, 2.45) is 5.84 Å². The lowest BCUT2D eigenvalue weighted by molar-refractivity contribution is -0.114. The van der Waals surface area contributed by atoms with Crippen molar-refractivity contribution < 1.29 is 9.53 Å². The molecule has 3 aromatic rings. The number of carbonyl (C=O) groups excluding carboxylic acids is 1. The Hall–Kier alpha value is -3.59. The molecule has 0 bridgehead atoms. The lowest BCUT2D eigenvalue weighted by Gasteiger charge is -2.26. The molecule has 1 fully saturated rings. The molecule has 8 nitrogen and oxygen atoms in total. The third-order valence-corrected chi connectivity index (χ3v) is 5.31. The number of amides is 1. The second-order valence-corrected chi connectivity index (χ2v) is 7.50. The van der Waals surface area contributed by atoms with Crippen molar-refractivity contribution in [3.05, 3.63) is 88.6 Å². The van der Waals surface area contributed by atoms with E-state index < -0.39 is 0 Å². The summed E-state index contributed by atoms with van der Waals surface area (Å²) >= 11 is 0. The molecule has 2 aromatic heterocycles. The van der Waals surface area contributed by atoms with Gasteiger partial charge in [-0.3, -0.25) is 19.5 Å². The highest BCUT2D eigenvalue weighted by molar-refractivity contribution is 6.03. The van der Waals surface area contributed by atoms with E-state index in [1.54, 1.807) is 30.7 Å². The van der Waals surface area contributed by atoms with Crippen LogP contribution in [0.3, 0.4) is 0 Å². The number of anilines is 1. The molecular weight excluding hydrogens is 406 g/mol. The van der Waals surface area contributed by atoms with Crippen LogP contribution < -0.4 is 16.4 Å². The number of rotatable bonds is 6. The maximum atomic E-state index is 12.6. The molecule has 0 atom stereocenters. The van der Waals surface area contributed by atoms with Crippen molar-refractivity contribution in [1.82, 2.24) is 14.9 Å². The number of pyridine rings is 2. The van der Waals surface area contributed by atoms with Crippen LogP contribution in [0.4, 0.5) is 5.69 Å². The third-order valence-electron chi connectivity index (χ3n) is 5.31. The van der Waals surface area contributed by atoms with E-state index in [1.165, 1.54) is 12.1 Å². The molecule has 32 heavy (non-hydrogen) atoms. The molecule has 3 N–H and O–H groups in total. The van der Waals surface area contributed by atoms with Crippen LogP contribution in [-0.4, -0.2) is 47.1 Å². The second kappa shape index (κ2) is 10.1. The molecule has 0 aliphatic carbocycles. The molecule has 1 amide bonds. The first-order chi connectivity index (χ1) is 15.6. The van der Waals surface area contributed by atoms with Crippen LogP contribution in [0, 0.1) is 0 Å². The first-order valence-corrected chi connectivity index (χ1v) is 10.4. The van der Waals surface area contributed by atoms with Crippen molar-refractivity contribution in [2.75, 3.05) is 31.3 Å².